The molecule has 0 unspecified atom stereocenters. The molecule has 0 amide bonds. The standard InChI is InChI=1S/C6H6/c1-5-3-4-6(5)2/h3-4H,1-2H2. The highest BCUT2D eigenvalue weighted by Gasteiger charge is 1.98. The summed E-state index contributed by atoms with van der Waals surface area (Å²) in [5.74, 6) is 0. The van der Waals surface area contributed by atoms with E-state index in [1.54, 1.807) is 0 Å². The van der Waals surface area contributed by atoms with E-state index in [9.17, 15) is 0 Å². The molecule has 0 nitrogen and oxygen atoms in total. The average molecular weight is 78.1 g/mol. The van der Waals surface area contributed by atoms with Crippen molar-refractivity contribution in [2.24, 2.45) is 0 Å². The van der Waals surface area contributed by atoms with Crippen LogP contribution < -0.4 is 0 Å². The summed E-state index contributed by atoms with van der Waals surface area (Å²) in [5.41, 5.74) is 2.13. The molecule has 6 heavy (non-hydrogen) atoms. The quantitative estimate of drug-likeness (QED) is 0.413. The first-order chi connectivity index (χ1) is 2.80. The molecule has 0 bridgehead atoms. The maximum absolute atomic E-state index is 3.66. The van der Waals surface area contributed by atoms with Gasteiger partial charge in [0.15, 0.2) is 0 Å². The van der Waals surface area contributed by atoms with Gasteiger partial charge in [-0.1, -0.05) is 25.3 Å². The van der Waals surface area contributed by atoms with Crippen LogP contribution in [0.3, 0.4) is 0 Å². The van der Waals surface area contributed by atoms with Gasteiger partial charge in [-0.15, -0.1) is 0 Å². The van der Waals surface area contributed by atoms with Crippen molar-refractivity contribution in [1.29, 1.82) is 0 Å². The maximum Gasteiger partial charge on any atom is -0.0262 e. The van der Waals surface area contributed by atoms with Gasteiger partial charge in [-0.3, -0.25) is 0 Å². The lowest BCUT2D eigenvalue weighted by Crippen LogP contribution is -1.86. The van der Waals surface area contributed by atoms with Gasteiger partial charge in [0.05, 0.1) is 0 Å². The molecular weight excluding hydrogens is 72.1 g/mol. The van der Waals surface area contributed by atoms with E-state index in [2.05, 4.69) is 13.2 Å². The van der Waals surface area contributed by atoms with Gasteiger partial charge in [-0.2, -0.15) is 0 Å². The fourth-order valence-corrected chi connectivity index (χ4v) is 0.319. The summed E-state index contributed by atoms with van der Waals surface area (Å²) in [5, 5.41) is 0. The highest BCUT2D eigenvalue weighted by Crippen LogP contribution is 2.17. The lowest BCUT2D eigenvalue weighted by atomic mass is 10.00. The molecule has 0 saturated heterocycles. The molecule has 30 valence electrons. The van der Waals surface area contributed by atoms with Crippen LogP contribution in [0, 0.1) is 0 Å². The van der Waals surface area contributed by atoms with Crippen LogP contribution in [0.15, 0.2) is 36.5 Å². The minimum atomic E-state index is 1.06. The van der Waals surface area contributed by atoms with Crippen molar-refractivity contribution in [1.82, 2.24) is 0 Å². The third kappa shape index (κ3) is 0.235. The Hall–Kier alpha value is -0.780. The lowest BCUT2D eigenvalue weighted by Gasteiger charge is -2.05. The molecule has 0 aliphatic heterocycles. The van der Waals surface area contributed by atoms with Crippen molar-refractivity contribution in [3.63, 3.8) is 0 Å². The van der Waals surface area contributed by atoms with E-state index >= 15 is 0 Å². The fourth-order valence-electron chi connectivity index (χ4n) is 0.319. The first kappa shape index (κ1) is 3.41. The zero-order valence-electron chi connectivity index (χ0n) is 3.57. The van der Waals surface area contributed by atoms with Gasteiger partial charge in [0.25, 0.3) is 0 Å². The van der Waals surface area contributed by atoms with E-state index in [1.165, 1.54) is 0 Å². The molecule has 0 aromatic carbocycles. The Morgan fingerprint density at radius 2 is 1.33 bits per heavy atom. The van der Waals surface area contributed by atoms with Crippen LogP contribution in [0.4, 0.5) is 0 Å². The van der Waals surface area contributed by atoms with Gasteiger partial charge >= 0.3 is 0 Å². The summed E-state index contributed by atoms with van der Waals surface area (Å²) in [6.45, 7) is 7.31. The molecule has 0 spiro atoms. The van der Waals surface area contributed by atoms with Crippen LogP contribution in [0.1, 0.15) is 0 Å². The zero-order chi connectivity index (χ0) is 4.57. The Labute approximate surface area is 37.5 Å². The zero-order valence-corrected chi connectivity index (χ0v) is 3.57. The van der Waals surface area contributed by atoms with E-state index in [0.717, 1.165) is 11.1 Å². The molecule has 1 aliphatic carbocycles. The smallest absolute Gasteiger partial charge is 0.0262 e. The minimum absolute atomic E-state index is 1.06. The van der Waals surface area contributed by atoms with E-state index in [1.807, 2.05) is 12.2 Å². The van der Waals surface area contributed by atoms with Crippen molar-refractivity contribution in [3.8, 4) is 0 Å². The van der Waals surface area contributed by atoms with Gasteiger partial charge in [-0.25, -0.2) is 0 Å². The van der Waals surface area contributed by atoms with Gasteiger partial charge < -0.3 is 0 Å². The Kier molecular flexibility index (Phi) is 0.477. The molecule has 0 fully saturated rings. The largest absolute Gasteiger partial charge is 0.0912 e. The maximum atomic E-state index is 3.66. The Morgan fingerprint density at radius 1 is 1.00 bits per heavy atom. The third-order valence-electron chi connectivity index (χ3n) is 0.898. The predicted octanol–water partition coefficient (Wildman–Crippen LogP) is 1.67. The number of hydrogen-bond acceptors (Lipinski definition) is 0. The van der Waals surface area contributed by atoms with E-state index in [4.69, 9.17) is 0 Å². The molecular formula is C6H6. The monoisotopic (exact) mass is 78.0 g/mol. The van der Waals surface area contributed by atoms with Crippen LogP contribution in [0.25, 0.3) is 0 Å². The summed E-state index contributed by atoms with van der Waals surface area (Å²) in [7, 11) is 0. The molecule has 0 N–H and O–H groups in total. The molecule has 0 aromatic heterocycles. The molecule has 0 saturated carbocycles. The van der Waals surface area contributed by atoms with Crippen molar-refractivity contribution in [2.75, 3.05) is 0 Å². The highest BCUT2D eigenvalue weighted by molar-refractivity contribution is 5.53. The molecule has 0 heteroatoms. The lowest BCUT2D eigenvalue weighted by molar-refractivity contribution is 1.50. The van der Waals surface area contributed by atoms with Gasteiger partial charge in [0.1, 0.15) is 0 Å². The number of rotatable bonds is 0. The summed E-state index contributed by atoms with van der Waals surface area (Å²) >= 11 is 0. The summed E-state index contributed by atoms with van der Waals surface area (Å²) in [6, 6.07) is 0. The highest BCUT2D eigenvalue weighted by atomic mass is 14.0. The van der Waals surface area contributed by atoms with Gasteiger partial charge in [0.2, 0.25) is 0 Å². The first-order valence-electron chi connectivity index (χ1n) is 1.87. The molecule has 0 radical (unpaired) electrons. The minimum Gasteiger partial charge on any atom is -0.0912 e. The van der Waals surface area contributed by atoms with Crippen LogP contribution in [-0.2, 0) is 0 Å². The Morgan fingerprint density at radius 3 is 1.33 bits per heavy atom. The van der Waals surface area contributed by atoms with Crippen LogP contribution >= 0.6 is 0 Å². The van der Waals surface area contributed by atoms with E-state index in [-0.39, 0.29) is 0 Å². The molecule has 1 rings (SSSR count). The van der Waals surface area contributed by atoms with Crippen molar-refractivity contribution >= 4 is 0 Å². The second kappa shape index (κ2) is 0.839. The fraction of sp³-hybridized carbons (Fsp3) is 0. The topological polar surface area (TPSA) is 0 Å². The first-order valence-corrected chi connectivity index (χ1v) is 1.87. The van der Waals surface area contributed by atoms with Crippen LogP contribution in [0.2, 0.25) is 0 Å². The molecule has 0 heterocycles. The summed E-state index contributed by atoms with van der Waals surface area (Å²) < 4.78 is 0. The van der Waals surface area contributed by atoms with Gasteiger partial charge in [0, 0.05) is 0 Å². The second-order valence-electron chi connectivity index (χ2n) is 1.38. The second-order valence-corrected chi connectivity index (χ2v) is 1.38. The van der Waals surface area contributed by atoms with Crippen LogP contribution in [0.5, 0.6) is 0 Å². The number of allylic oxidation sites excluding steroid dienone is 4. The molecule has 0 aromatic rings. The third-order valence-corrected chi connectivity index (χ3v) is 0.898. The molecule has 1 aliphatic rings. The molecule has 0 atom stereocenters. The predicted molar refractivity (Wildman–Crippen MR) is 27.4 cm³/mol. The van der Waals surface area contributed by atoms with E-state index in [0.29, 0.717) is 0 Å². The van der Waals surface area contributed by atoms with Crippen molar-refractivity contribution in [2.45, 2.75) is 0 Å². The summed E-state index contributed by atoms with van der Waals surface area (Å²) in [6.07, 6.45) is 3.89. The van der Waals surface area contributed by atoms with Gasteiger partial charge in [-0.05, 0) is 11.1 Å². The van der Waals surface area contributed by atoms with Crippen molar-refractivity contribution in [3.05, 3.63) is 36.5 Å². The van der Waals surface area contributed by atoms with Crippen LogP contribution in [-0.4, -0.2) is 0 Å². The Balaban J connectivity index is 2.94. The number of hydrogen-bond donors (Lipinski definition) is 0. The van der Waals surface area contributed by atoms with Crippen molar-refractivity contribution < 1.29 is 0 Å². The SMILES string of the molecule is C=C1C=CC1=C. The Bertz CT molecular complexity index is 111. The average Bonchev–Trinajstić information content (AvgIpc) is 1.61. The summed E-state index contributed by atoms with van der Waals surface area (Å²) in [4.78, 5) is 0. The normalized spacial score (nSPS) is 18.0. The van der Waals surface area contributed by atoms with E-state index < -0.39 is 0 Å².